The van der Waals surface area contributed by atoms with Crippen molar-refractivity contribution in [1.82, 2.24) is 0 Å². The van der Waals surface area contributed by atoms with Crippen molar-refractivity contribution in [3.63, 3.8) is 0 Å². The summed E-state index contributed by atoms with van der Waals surface area (Å²) in [7, 11) is 0. The number of hydrogen-bond donors (Lipinski definition) is 0. The lowest BCUT2D eigenvalue weighted by Gasteiger charge is -2.25. The molecule has 0 amide bonds. The van der Waals surface area contributed by atoms with Crippen LogP contribution in [0, 0.1) is 0 Å². The van der Waals surface area contributed by atoms with Crippen LogP contribution >= 0.6 is 17.7 Å². The molecule has 1 nitrogen and oxygen atoms in total. The first kappa shape index (κ1) is 9.61. The van der Waals surface area contributed by atoms with Crippen LogP contribution in [0.25, 0.3) is 0 Å². The van der Waals surface area contributed by atoms with Crippen LogP contribution in [0.5, 0.6) is 0 Å². The van der Waals surface area contributed by atoms with E-state index in [-0.39, 0.29) is 0 Å². The van der Waals surface area contributed by atoms with Gasteiger partial charge in [-0.2, -0.15) is 0 Å². The molecule has 0 aliphatic heterocycles. The van der Waals surface area contributed by atoms with E-state index in [9.17, 15) is 4.57 Å². The highest BCUT2D eigenvalue weighted by atomic mass is 35.7. The summed E-state index contributed by atoms with van der Waals surface area (Å²) in [4.78, 5) is 0. The zero-order valence-corrected chi connectivity index (χ0v) is 8.70. The predicted octanol–water partition coefficient (Wildman–Crippen LogP) is 3.86. The summed E-state index contributed by atoms with van der Waals surface area (Å²) in [6, 6.07) is 0. The predicted molar refractivity (Wildman–Crippen MR) is 50.9 cm³/mol. The average molecular weight is 195 g/mol. The normalized spacial score (nSPS) is 26.4. The Morgan fingerprint density at radius 1 is 1.36 bits per heavy atom. The van der Waals surface area contributed by atoms with Gasteiger partial charge >= 0.3 is 0 Å². The SMILES string of the molecule is CCP(=O)(Cl)C1CCCCC1. The smallest absolute Gasteiger partial charge is 0.172 e. The molecular weight excluding hydrogens is 179 g/mol. The Morgan fingerprint density at radius 3 is 2.36 bits per heavy atom. The molecule has 0 N–H and O–H groups in total. The first-order valence-corrected chi connectivity index (χ1v) is 7.32. The third kappa shape index (κ3) is 2.49. The first-order valence-electron chi connectivity index (χ1n) is 4.45. The molecule has 1 unspecified atom stereocenters. The van der Waals surface area contributed by atoms with Crippen LogP contribution in [0.2, 0.25) is 0 Å². The van der Waals surface area contributed by atoms with Gasteiger partial charge in [0, 0.05) is 11.8 Å². The zero-order chi connectivity index (χ0) is 8.32. The molecular formula is C8H16ClOP. The maximum Gasteiger partial charge on any atom is 0.172 e. The highest BCUT2D eigenvalue weighted by molar-refractivity contribution is 7.89. The van der Waals surface area contributed by atoms with Crippen molar-refractivity contribution < 1.29 is 4.57 Å². The van der Waals surface area contributed by atoms with E-state index in [1.807, 2.05) is 6.92 Å². The fraction of sp³-hybridized carbons (Fsp3) is 1.00. The van der Waals surface area contributed by atoms with Gasteiger partial charge in [0.1, 0.15) is 0 Å². The molecule has 11 heavy (non-hydrogen) atoms. The van der Waals surface area contributed by atoms with Crippen molar-refractivity contribution in [1.29, 1.82) is 0 Å². The molecule has 0 radical (unpaired) electrons. The topological polar surface area (TPSA) is 17.1 Å². The maximum atomic E-state index is 11.7. The molecule has 66 valence electrons. The third-order valence-electron chi connectivity index (χ3n) is 2.55. The van der Waals surface area contributed by atoms with Crippen LogP contribution in [0.4, 0.5) is 0 Å². The van der Waals surface area contributed by atoms with Crippen molar-refractivity contribution in [2.24, 2.45) is 0 Å². The van der Waals surface area contributed by atoms with Crippen LogP contribution in [0.1, 0.15) is 39.0 Å². The number of halogens is 1. The van der Waals surface area contributed by atoms with E-state index in [1.165, 1.54) is 19.3 Å². The molecule has 1 saturated carbocycles. The quantitative estimate of drug-likeness (QED) is 0.611. The molecule has 1 atom stereocenters. The van der Waals surface area contributed by atoms with Crippen molar-refractivity contribution in [3.05, 3.63) is 0 Å². The summed E-state index contributed by atoms with van der Waals surface area (Å²) >= 11 is 5.96. The van der Waals surface area contributed by atoms with Crippen LogP contribution in [0.3, 0.4) is 0 Å². The lowest BCUT2D eigenvalue weighted by Crippen LogP contribution is -2.11. The Morgan fingerprint density at radius 2 is 1.91 bits per heavy atom. The van der Waals surface area contributed by atoms with Gasteiger partial charge in [0.15, 0.2) is 6.49 Å². The van der Waals surface area contributed by atoms with Gasteiger partial charge in [0.05, 0.1) is 0 Å². The summed E-state index contributed by atoms with van der Waals surface area (Å²) in [5.74, 6) is 0. The van der Waals surface area contributed by atoms with E-state index in [0.717, 1.165) is 12.8 Å². The summed E-state index contributed by atoms with van der Waals surface area (Å²) in [6.07, 6.45) is 6.60. The molecule has 1 rings (SSSR count). The van der Waals surface area contributed by atoms with Gasteiger partial charge in [0.2, 0.25) is 0 Å². The van der Waals surface area contributed by atoms with E-state index in [2.05, 4.69) is 0 Å². The van der Waals surface area contributed by atoms with Gasteiger partial charge in [-0.3, -0.25) is 0 Å². The fourth-order valence-electron chi connectivity index (χ4n) is 1.72. The van der Waals surface area contributed by atoms with E-state index >= 15 is 0 Å². The largest absolute Gasteiger partial charge is 0.306 e. The Bertz CT molecular complexity index is 163. The standard InChI is InChI=1S/C8H16ClOP/c1-2-11(9,10)8-6-4-3-5-7-8/h8H,2-7H2,1H3. The van der Waals surface area contributed by atoms with Gasteiger partial charge in [-0.05, 0) is 12.8 Å². The monoisotopic (exact) mass is 194 g/mol. The Kier molecular flexibility index (Phi) is 3.46. The Hall–Kier alpha value is 0.520. The van der Waals surface area contributed by atoms with Crippen LogP contribution in [-0.2, 0) is 4.57 Å². The third-order valence-corrected chi connectivity index (χ3v) is 6.57. The van der Waals surface area contributed by atoms with Gasteiger partial charge in [-0.1, -0.05) is 37.4 Å². The van der Waals surface area contributed by atoms with Gasteiger partial charge in [0.25, 0.3) is 0 Å². The molecule has 1 aliphatic carbocycles. The molecule has 0 aromatic heterocycles. The molecule has 1 aliphatic rings. The van der Waals surface area contributed by atoms with E-state index < -0.39 is 6.49 Å². The van der Waals surface area contributed by atoms with Crippen molar-refractivity contribution in [2.45, 2.75) is 44.7 Å². The Balaban J connectivity index is 2.51. The summed E-state index contributed by atoms with van der Waals surface area (Å²) in [6.45, 7) is -0.344. The van der Waals surface area contributed by atoms with Gasteiger partial charge < -0.3 is 4.57 Å². The highest BCUT2D eigenvalue weighted by Crippen LogP contribution is 2.59. The van der Waals surface area contributed by atoms with Crippen LogP contribution in [-0.4, -0.2) is 11.8 Å². The lowest BCUT2D eigenvalue weighted by molar-refractivity contribution is 0.489. The maximum absolute atomic E-state index is 11.7. The second-order valence-corrected chi connectivity index (χ2v) is 7.80. The number of hydrogen-bond acceptors (Lipinski definition) is 1. The lowest BCUT2D eigenvalue weighted by atomic mass is 10.0. The van der Waals surface area contributed by atoms with Crippen LogP contribution < -0.4 is 0 Å². The molecule has 3 heteroatoms. The van der Waals surface area contributed by atoms with E-state index in [0.29, 0.717) is 11.8 Å². The summed E-state index contributed by atoms with van der Waals surface area (Å²) in [5, 5.41) is 0. The molecule has 0 spiro atoms. The van der Waals surface area contributed by atoms with Gasteiger partial charge in [-0.15, -0.1) is 0 Å². The molecule has 0 aromatic carbocycles. The Labute approximate surface area is 73.7 Å². The molecule has 1 fully saturated rings. The molecule has 0 saturated heterocycles. The van der Waals surface area contributed by atoms with Crippen molar-refractivity contribution in [2.75, 3.05) is 6.16 Å². The fourth-order valence-corrected chi connectivity index (χ4v) is 3.96. The second kappa shape index (κ2) is 3.96. The van der Waals surface area contributed by atoms with Crippen LogP contribution in [0.15, 0.2) is 0 Å². The average Bonchev–Trinajstić information content (AvgIpc) is 2.06. The van der Waals surface area contributed by atoms with E-state index in [4.69, 9.17) is 11.2 Å². The van der Waals surface area contributed by atoms with Crippen molar-refractivity contribution >= 4 is 17.7 Å². The number of rotatable bonds is 2. The summed E-state index contributed by atoms with van der Waals surface area (Å²) < 4.78 is 11.7. The first-order chi connectivity index (χ1) is 5.17. The zero-order valence-electron chi connectivity index (χ0n) is 7.05. The van der Waals surface area contributed by atoms with Gasteiger partial charge in [-0.25, -0.2) is 0 Å². The minimum atomic E-state index is -2.28. The molecule has 0 aromatic rings. The molecule has 0 heterocycles. The highest BCUT2D eigenvalue weighted by Gasteiger charge is 2.29. The minimum Gasteiger partial charge on any atom is -0.306 e. The molecule has 0 bridgehead atoms. The minimum absolute atomic E-state index is 0.336. The summed E-state index contributed by atoms with van der Waals surface area (Å²) in [5.41, 5.74) is 0.336. The van der Waals surface area contributed by atoms with E-state index in [1.54, 1.807) is 0 Å². The second-order valence-electron chi connectivity index (χ2n) is 3.31. The van der Waals surface area contributed by atoms with Crippen molar-refractivity contribution in [3.8, 4) is 0 Å².